The molecule has 0 aliphatic heterocycles. The zero-order valence-electron chi connectivity index (χ0n) is 14.2. The third-order valence-corrected chi connectivity index (χ3v) is 4.33. The van der Waals surface area contributed by atoms with Gasteiger partial charge in [-0.3, -0.25) is 4.79 Å². The summed E-state index contributed by atoms with van der Waals surface area (Å²) in [6, 6.07) is 17.2. The van der Waals surface area contributed by atoms with E-state index >= 15 is 0 Å². The highest BCUT2D eigenvalue weighted by Crippen LogP contribution is 2.19. The molecule has 5 nitrogen and oxygen atoms in total. The number of nitrogens with one attached hydrogen (secondary N) is 1. The van der Waals surface area contributed by atoms with E-state index in [0.29, 0.717) is 18.8 Å². The monoisotopic (exact) mass is 334 g/mol. The summed E-state index contributed by atoms with van der Waals surface area (Å²) >= 11 is 0. The number of aryl methyl sites for hydroxylation is 1. The number of amides is 1. The molecule has 25 heavy (non-hydrogen) atoms. The van der Waals surface area contributed by atoms with Crippen LogP contribution in [-0.2, 0) is 17.8 Å². The zero-order valence-corrected chi connectivity index (χ0v) is 14.2. The van der Waals surface area contributed by atoms with Crippen molar-refractivity contribution in [2.75, 3.05) is 5.73 Å². The first-order valence-electron chi connectivity index (χ1n) is 8.26. The minimum atomic E-state index is -0.604. The molecule has 0 saturated carbocycles. The molecule has 1 amide bonds. The molecule has 3 aromatic rings. The fraction of sp³-hybridized carbons (Fsp3) is 0.200. The quantitative estimate of drug-likeness (QED) is 0.667. The third kappa shape index (κ3) is 3.95. The summed E-state index contributed by atoms with van der Waals surface area (Å²) in [5.74, 6) is 0.296. The third-order valence-electron chi connectivity index (χ3n) is 4.33. The second-order valence-electron chi connectivity index (χ2n) is 6.15. The molecule has 5 heteroatoms. The molecule has 128 valence electrons. The summed E-state index contributed by atoms with van der Waals surface area (Å²) in [6.45, 7) is 2.26. The van der Waals surface area contributed by atoms with Gasteiger partial charge in [-0.2, -0.15) is 0 Å². The van der Waals surface area contributed by atoms with E-state index in [0.717, 1.165) is 27.6 Å². The van der Waals surface area contributed by atoms with Crippen LogP contribution in [-0.4, -0.2) is 16.9 Å². The van der Waals surface area contributed by atoms with Crippen LogP contribution >= 0.6 is 0 Å². The van der Waals surface area contributed by atoms with Crippen molar-refractivity contribution in [2.24, 2.45) is 5.73 Å². The number of nitrogen functional groups attached to an aromatic ring is 1. The number of rotatable bonds is 5. The van der Waals surface area contributed by atoms with E-state index in [1.165, 1.54) is 0 Å². The van der Waals surface area contributed by atoms with E-state index < -0.39 is 6.04 Å². The van der Waals surface area contributed by atoms with Crippen molar-refractivity contribution >= 4 is 22.5 Å². The van der Waals surface area contributed by atoms with Crippen LogP contribution in [0.3, 0.4) is 0 Å². The number of hydrogen-bond donors (Lipinski definition) is 3. The van der Waals surface area contributed by atoms with Gasteiger partial charge in [-0.1, -0.05) is 48.5 Å². The van der Waals surface area contributed by atoms with Gasteiger partial charge in [-0.05, 0) is 41.3 Å². The Bertz CT molecular complexity index is 902. The van der Waals surface area contributed by atoms with Gasteiger partial charge in [0, 0.05) is 12.2 Å². The lowest BCUT2D eigenvalue weighted by molar-refractivity contribution is -0.122. The number of carbonyl (C=O) groups is 1. The predicted octanol–water partition coefficient (Wildman–Crippen LogP) is 2.31. The van der Waals surface area contributed by atoms with Gasteiger partial charge in [0.05, 0.1) is 6.04 Å². The van der Waals surface area contributed by atoms with Crippen molar-refractivity contribution in [3.8, 4) is 0 Å². The summed E-state index contributed by atoms with van der Waals surface area (Å²) < 4.78 is 0. The van der Waals surface area contributed by atoms with Crippen molar-refractivity contribution in [3.05, 3.63) is 71.4 Å². The Balaban J connectivity index is 1.66. The Kier molecular flexibility index (Phi) is 4.95. The van der Waals surface area contributed by atoms with Crippen molar-refractivity contribution in [1.29, 1.82) is 0 Å². The maximum absolute atomic E-state index is 12.4. The van der Waals surface area contributed by atoms with Gasteiger partial charge >= 0.3 is 0 Å². The smallest absolute Gasteiger partial charge is 0.237 e. The average molecular weight is 334 g/mol. The van der Waals surface area contributed by atoms with Crippen LogP contribution in [0.1, 0.15) is 16.8 Å². The number of carbonyl (C=O) groups excluding carboxylic acids is 1. The summed E-state index contributed by atoms with van der Waals surface area (Å²) in [7, 11) is 0. The molecule has 0 aliphatic rings. The standard InChI is InChI=1S/C20H22N4O/c1-13-16(9-10-19(22)24-13)12-23-20(25)18(21)11-15-7-4-6-14-5-2-3-8-17(14)15/h2-10,18H,11-12,21H2,1H3,(H2,22,24)(H,23,25). The molecule has 1 atom stereocenters. The van der Waals surface area contributed by atoms with Crippen LogP contribution in [0.5, 0.6) is 0 Å². The van der Waals surface area contributed by atoms with Crippen LogP contribution in [0.25, 0.3) is 10.8 Å². The zero-order chi connectivity index (χ0) is 17.8. The average Bonchev–Trinajstić information content (AvgIpc) is 2.61. The first-order chi connectivity index (χ1) is 12.0. The maximum atomic E-state index is 12.4. The number of aromatic nitrogens is 1. The molecule has 0 aliphatic carbocycles. The summed E-state index contributed by atoms with van der Waals surface area (Å²) in [6.07, 6.45) is 0.492. The van der Waals surface area contributed by atoms with E-state index in [1.54, 1.807) is 6.07 Å². The molecular formula is C20H22N4O. The maximum Gasteiger partial charge on any atom is 0.237 e. The van der Waals surface area contributed by atoms with Crippen LogP contribution in [0.4, 0.5) is 5.82 Å². The molecular weight excluding hydrogens is 312 g/mol. The molecule has 0 radical (unpaired) electrons. The highest BCUT2D eigenvalue weighted by Gasteiger charge is 2.15. The fourth-order valence-corrected chi connectivity index (χ4v) is 2.91. The van der Waals surface area contributed by atoms with Gasteiger partial charge in [0.25, 0.3) is 0 Å². The SMILES string of the molecule is Cc1nc(N)ccc1CNC(=O)C(N)Cc1cccc2ccccc12. The van der Waals surface area contributed by atoms with Gasteiger partial charge in [0.2, 0.25) is 5.91 Å². The van der Waals surface area contributed by atoms with Gasteiger partial charge in [0.1, 0.15) is 5.82 Å². The molecule has 2 aromatic carbocycles. The van der Waals surface area contributed by atoms with Crippen LogP contribution in [0, 0.1) is 6.92 Å². The Morgan fingerprint density at radius 1 is 1.08 bits per heavy atom. The Labute approximate surface area is 147 Å². The van der Waals surface area contributed by atoms with Crippen molar-refractivity contribution in [1.82, 2.24) is 10.3 Å². The second-order valence-corrected chi connectivity index (χ2v) is 6.15. The molecule has 0 spiro atoms. The van der Waals surface area contributed by atoms with E-state index in [2.05, 4.69) is 28.5 Å². The number of pyridine rings is 1. The number of hydrogen-bond acceptors (Lipinski definition) is 4. The van der Waals surface area contributed by atoms with Crippen molar-refractivity contribution in [2.45, 2.75) is 25.9 Å². The first kappa shape index (κ1) is 16.9. The van der Waals surface area contributed by atoms with Gasteiger partial charge in [-0.15, -0.1) is 0 Å². The molecule has 1 unspecified atom stereocenters. The van der Waals surface area contributed by atoms with E-state index in [4.69, 9.17) is 11.5 Å². The first-order valence-corrected chi connectivity index (χ1v) is 8.26. The Hall–Kier alpha value is -2.92. The minimum absolute atomic E-state index is 0.177. The van der Waals surface area contributed by atoms with E-state index in [1.807, 2.05) is 37.3 Å². The van der Waals surface area contributed by atoms with Crippen molar-refractivity contribution in [3.63, 3.8) is 0 Å². The lowest BCUT2D eigenvalue weighted by Crippen LogP contribution is -2.41. The van der Waals surface area contributed by atoms with Gasteiger partial charge < -0.3 is 16.8 Å². The molecule has 0 saturated heterocycles. The van der Waals surface area contributed by atoms with E-state index in [-0.39, 0.29) is 5.91 Å². The molecule has 1 aromatic heterocycles. The number of fused-ring (bicyclic) bond motifs is 1. The van der Waals surface area contributed by atoms with Gasteiger partial charge in [0.15, 0.2) is 0 Å². The lowest BCUT2D eigenvalue weighted by atomic mass is 9.99. The largest absolute Gasteiger partial charge is 0.384 e. The second kappa shape index (κ2) is 7.32. The molecule has 1 heterocycles. The molecule has 0 bridgehead atoms. The summed E-state index contributed by atoms with van der Waals surface area (Å²) in [5.41, 5.74) is 14.6. The fourth-order valence-electron chi connectivity index (χ4n) is 2.91. The van der Waals surface area contributed by atoms with Crippen LogP contribution in [0.2, 0.25) is 0 Å². The molecule has 0 fully saturated rings. The number of benzene rings is 2. The number of anilines is 1. The summed E-state index contributed by atoms with van der Waals surface area (Å²) in [5, 5.41) is 5.16. The minimum Gasteiger partial charge on any atom is -0.384 e. The number of nitrogens with zero attached hydrogens (tertiary/aromatic N) is 1. The highest BCUT2D eigenvalue weighted by molar-refractivity contribution is 5.87. The molecule has 3 rings (SSSR count). The Morgan fingerprint density at radius 2 is 1.84 bits per heavy atom. The molecule has 5 N–H and O–H groups in total. The van der Waals surface area contributed by atoms with E-state index in [9.17, 15) is 4.79 Å². The Morgan fingerprint density at radius 3 is 2.64 bits per heavy atom. The van der Waals surface area contributed by atoms with Gasteiger partial charge in [-0.25, -0.2) is 4.98 Å². The lowest BCUT2D eigenvalue weighted by Gasteiger charge is -2.14. The number of nitrogens with two attached hydrogens (primary N) is 2. The van der Waals surface area contributed by atoms with Crippen LogP contribution in [0.15, 0.2) is 54.6 Å². The van der Waals surface area contributed by atoms with Crippen molar-refractivity contribution < 1.29 is 4.79 Å². The topological polar surface area (TPSA) is 94.0 Å². The van der Waals surface area contributed by atoms with Crippen LogP contribution < -0.4 is 16.8 Å². The highest BCUT2D eigenvalue weighted by atomic mass is 16.2. The predicted molar refractivity (Wildman–Crippen MR) is 101 cm³/mol. The normalized spacial score (nSPS) is 12.1. The summed E-state index contributed by atoms with van der Waals surface area (Å²) in [4.78, 5) is 16.5.